The highest BCUT2D eigenvalue weighted by atomic mass is 16.2. The Labute approximate surface area is 90.9 Å². The van der Waals surface area contributed by atoms with E-state index in [1.54, 1.807) is 4.90 Å². The van der Waals surface area contributed by atoms with Gasteiger partial charge < -0.3 is 4.90 Å². The van der Waals surface area contributed by atoms with E-state index in [1.165, 1.54) is 0 Å². The van der Waals surface area contributed by atoms with Gasteiger partial charge in [-0.15, -0.1) is 0 Å². The molecule has 0 saturated carbocycles. The molecule has 0 radical (unpaired) electrons. The van der Waals surface area contributed by atoms with E-state index in [0.29, 0.717) is 0 Å². The van der Waals surface area contributed by atoms with Gasteiger partial charge in [0.1, 0.15) is 0 Å². The van der Waals surface area contributed by atoms with E-state index in [2.05, 4.69) is 19.9 Å². The molecule has 3 heteroatoms. The minimum atomic E-state index is -0.460. The van der Waals surface area contributed by atoms with Gasteiger partial charge in [-0.05, 0) is 34.1 Å². The van der Waals surface area contributed by atoms with Crippen LogP contribution in [-0.4, -0.2) is 29.1 Å². The Balaban J connectivity index is 2.55. The molecule has 1 saturated heterocycles. The summed E-state index contributed by atoms with van der Waals surface area (Å²) in [4.78, 5) is 18.5. The minimum Gasteiger partial charge on any atom is -0.313 e. The third kappa shape index (κ3) is 1.33. The molecule has 3 nitrogen and oxygen atoms in total. The molecule has 0 aromatic rings. The summed E-state index contributed by atoms with van der Waals surface area (Å²) in [6, 6.07) is 0. The van der Waals surface area contributed by atoms with Crippen molar-refractivity contribution < 1.29 is 4.79 Å². The lowest BCUT2D eigenvalue weighted by atomic mass is 9.85. The van der Waals surface area contributed by atoms with Gasteiger partial charge in [0.25, 0.3) is 0 Å². The highest BCUT2D eigenvalue weighted by molar-refractivity contribution is 6.23. The fraction of sp³-hybridized carbons (Fsp3) is 0.667. The zero-order valence-electron chi connectivity index (χ0n) is 10.1. The zero-order valence-corrected chi connectivity index (χ0v) is 10.1. The van der Waals surface area contributed by atoms with Crippen molar-refractivity contribution in [3.8, 4) is 0 Å². The van der Waals surface area contributed by atoms with Crippen LogP contribution in [-0.2, 0) is 4.79 Å². The number of amides is 1. The Bertz CT molecular complexity index is 388. The second-order valence-corrected chi connectivity index (χ2v) is 5.56. The largest absolute Gasteiger partial charge is 0.313 e. The third-order valence-electron chi connectivity index (χ3n) is 3.24. The number of likely N-dealkylation sites (tertiary alicyclic amines) is 1. The summed E-state index contributed by atoms with van der Waals surface area (Å²) in [6.07, 6.45) is 3.04. The van der Waals surface area contributed by atoms with Gasteiger partial charge in [0.05, 0.1) is 22.4 Å². The first-order chi connectivity index (χ1) is 6.76. The monoisotopic (exact) mass is 206 g/mol. The maximum Gasteiger partial charge on any atom is 0.238 e. The lowest BCUT2D eigenvalue weighted by Crippen LogP contribution is -2.31. The predicted octanol–water partition coefficient (Wildman–Crippen LogP) is 1.99. The van der Waals surface area contributed by atoms with Crippen LogP contribution in [0.1, 0.15) is 34.1 Å². The van der Waals surface area contributed by atoms with Crippen LogP contribution in [0.2, 0.25) is 0 Å². The molecule has 0 spiro atoms. The van der Waals surface area contributed by atoms with Crippen LogP contribution in [0, 0.1) is 5.41 Å². The maximum absolute atomic E-state index is 12.0. The van der Waals surface area contributed by atoms with Crippen molar-refractivity contribution in [2.24, 2.45) is 10.4 Å². The highest BCUT2D eigenvalue weighted by Gasteiger charge is 2.48. The summed E-state index contributed by atoms with van der Waals surface area (Å²) in [5, 5.41) is 0. The van der Waals surface area contributed by atoms with Crippen LogP contribution < -0.4 is 0 Å². The summed E-state index contributed by atoms with van der Waals surface area (Å²) in [5.74, 6) is 0.144. The number of fused-ring (bicyclic) bond motifs is 1. The second-order valence-electron chi connectivity index (χ2n) is 5.56. The van der Waals surface area contributed by atoms with Gasteiger partial charge >= 0.3 is 0 Å². The molecule has 2 heterocycles. The van der Waals surface area contributed by atoms with Crippen LogP contribution in [0.3, 0.4) is 0 Å². The van der Waals surface area contributed by atoms with Crippen molar-refractivity contribution >= 4 is 11.6 Å². The van der Waals surface area contributed by atoms with Gasteiger partial charge in [-0.2, -0.15) is 0 Å². The third-order valence-corrected chi connectivity index (χ3v) is 3.24. The molecular formula is C12H18N2O. The molecule has 1 fully saturated rings. The Morgan fingerprint density at radius 2 is 1.93 bits per heavy atom. The summed E-state index contributed by atoms with van der Waals surface area (Å²) in [7, 11) is 1.83. The molecule has 0 aromatic carbocycles. The smallest absolute Gasteiger partial charge is 0.238 e. The number of dihydropyridines is 1. The Hall–Kier alpha value is -1.12. The Morgan fingerprint density at radius 3 is 2.53 bits per heavy atom. The number of hydrogen-bond acceptors (Lipinski definition) is 2. The molecule has 2 aliphatic rings. The van der Waals surface area contributed by atoms with E-state index in [0.717, 1.165) is 17.8 Å². The molecule has 0 atom stereocenters. The number of hydrogen-bond donors (Lipinski definition) is 0. The average Bonchev–Trinajstić information content (AvgIpc) is 2.27. The summed E-state index contributed by atoms with van der Waals surface area (Å²) < 4.78 is 0. The van der Waals surface area contributed by atoms with Gasteiger partial charge in [0, 0.05) is 7.05 Å². The van der Waals surface area contributed by atoms with E-state index in [9.17, 15) is 4.79 Å². The zero-order chi connectivity index (χ0) is 11.4. The second kappa shape index (κ2) is 2.71. The number of nitrogens with zero attached hydrogens (tertiary/aromatic N) is 2. The van der Waals surface area contributed by atoms with Crippen LogP contribution in [0.5, 0.6) is 0 Å². The molecule has 2 aliphatic heterocycles. The molecule has 82 valence electrons. The molecule has 0 aliphatic carbocycles. The number of rotatable bonds is 0. The van der Waals surface area contributed by atoms with Gasteiger partial charge in [-0.3, -0.25) is 9.79 Å². The van der Waals surface area contributed by atoms with Gasteiger partial charge in [0.15, 0.2) is 0 Å². The highest BCUT2D eigenvalue weighted by Crippen LogP contribution is 2.39. The molecule has 0 N–H and O–H groups in total. The standard InChI is InChI=1S/C12H18N2O/c1-11(2)7-6-8-9(13-11)12(3,4)10(15)14(8)5/h6H,7H2,1-5H3. The molecular weight excluding hydrogens is 188 g/mol. The maximum atomic E-state index is 12.0. The van der Waals surface area contributed by atoms with E-state index in [4.69, 9.17) is 4.99 Å². The Kier molecular flexibility index (Phi) is 1.88. The van der Waals surface area contributed by atoms with E-state index < -0.39 is 5.41 Å². The summed E-state index contributed by atoms with van der Waals surface area (Å²) in [5.41, 5.74) is 1.43. The number of carbonyl (C=O) groups excluding carboxylic acids is 1. The molecule has 0 aromatic heterocycles. The molecule has 2 rings (SSSR count). The number of allylic oxidation sites excluding steroid dienone is 1. The first-order valence-electron chi connectivity index (χ1n) is 5.35. The summed E-state index contributed by atoms with van der Waals surface area (Å²) in [6.45, 7) is 8.11. The first-order valence-corrected chi connectivity index (χ1v) is 5.35. The van der Waals surface area contributed by atoms with Gasteiger partial charge in [0.2, 0.25) is 5.91 Å². The first kappa shape index (κ1) is 10.4. The minimum absolute atomic E-state index is 0.0679. The molecule has 0 unspecified atom stereocenters. The van der Waals surface area contributed by atoms with Gasteiger partial charge in [-0.1, -0.05) is 6.08 Å². The lowest BCUT2D eigenvalue weighted by molar-refractivity contribution is -0.131. The average molecular weight is 206 g/mol. The van der Waals surface area contributed by atoms with Crippen molar-refractivity contribution in [3.05, 3.63) is 11.8 Å². The van der Waals surface area contributed by atoms with Crippen molar-refractivity contribution in [3.63, 3.8) is 0 Å². The van der Waals surface area contributed by atoms with E-state index in [1.807, 2.05) is 20.9 Å². The quantitative estimate of drug-likeness (QED) is 0.596. The number of carbonyl (C=O) groups is 1. The summed E-state index contributed by atoms with van der Waals surface area (Å²) >= 11 is 0. The fourth-order valence-corrected chi connectivity index (χ4v) is 2.23. The van der Waals surface area contributed by atoms with Crippen LogP contribution in [0.15, 0.2) is 16.8 Å². The lowest BCUT2D eigenvalue weighted by Gasteiger charge is -2.27. The van der Waals surface area contributed by atoms with Gasteiger partial charge in [-0.25, -0.2) is 0 Å². The van der Waals surface area contributed by atoms with Crippen molar-refractivity contribution in [2.45, 2.75) is 39.7 Å². The SMILES string of the molecule is CN1C(=O)C(C)(C)C2=NC(C)(C)CC=C21. The topological polar surface area (TPSA) is 32.7 Å². The molecule has 1 amide bonds. The molecule has 0 bridgehead atoms. The van der Waals surface area contributed by atoms with Crippen molar-refractivity contribution in [1.29, 1.82) is 0 Å². The van der Waals surface area contributed by atoms with E-state index in [-0.39, 0.29) is 11.4 Å². The van der Waals surface area contributed by atoms with Crippen LogP contribution in [0.4, 0.5) is 0 Å². The fourth-order valence-electron chi connectivity index (χ4n) is 2.23. The van der Waals surface area contributed by atoms with E-state index >= 15 is 0 Å². The normalized spacial score (nSPS) is 27.3. The van der Waals surface area contributed by atoms with Crippen LogP contribution >= 0.6 is 0 Å². The van der Waals surface area contributed by atoms with Crippen LogP contribution in [0.25, 0.3) is 0 Å². The molecule has 15 heavy (non-hydrogen) atoms. The van der Waals surface area contributed by atoms with Crippen molar-refractivity contribution in [2.75, 3.05) is 7.05 Å². The van der Waals surface area contributed by atoms with Crippen molar-refractivity contribution in [1.82, 2.24) is 4.90 Å². The number of aliphatic imine (C=N–C) groups is 1. The Morgan fingerprint density at radius 1 is 1.33 bits per heavy atom. The predicted molar refractivity (Wildman–Crippen MR) is 60.8 cm³/mol.